The van der Waals surface area contributed by atoms with Crippen molar-refractivity contribution >= 4 is 46.7 Å². The van der Waals surface area contributed by atoms with Gasteiger partial charge in [0, 0.05) is 29.7 Å². The lowest BCUT2D eigenvalue weighted by molar-refractivity contribution is -0.187. The molecule has 3 atom stereocenters. The van der Waals surface area contributed by atoms with E-state index in [0.29, 0.717) is 10.0 Å². The van der Waals surface area contributed by atoms with Crippen molar-refractivity contribution in [3.63, 3.8) is 0 Å². The minimum atomic E-state index is -4.04. The van der Waals surface area contributed by atoms with E-state index in [1.54, 1.807) is 0 Å². The van der Waals surface area contributed by atoms with Crippen molar-refractivity contribution in [2.24, 2.45) is 0 Å². The fraction of sp³-hybridized carbons (Fsp3) is 0.312. The first-order valence-corrected chi connectivity index (χ1v) is 14.5. The van der Waals surface area contributed by atoms with Gasteiger partial charge >= 0.3 is 11.9 Å². The molecule has 0 aliphatic carbocycles. The van der Waals surface area contributed by atoms with Crippen LogP contribution in [0.4, 0.5) is 0 Å². The monoisotopic (exact) mass is 677 g/mol. The van der Waals surface area contributed by atoms with Crippen LogP contribution in [-0.4, -0.2) is 94.2 Å². The molecule has 0 saturated carbocycles. The molecule has 1 aliphatic heterocycles. The van der Waals surface area contributed by atoms with E-state index < -0.39 is 45.8 Å². The van der Waals surface area contributed by atoms with E-state index in [9.17, 15) is 44.7 Å². The van der Waals surface area contributed by atoms with Gasteiger partial charge in [0.25, 0.3) is 11.2 Å². The van der Waals surface area contributed by atoms with Crippen molar-refractivity contribution in [1.82, 2.24) is 5.32 Å². The van der Waals surface area contributed by atoms with Gasteiger partial charge in [-0.3, -0.25) is 9.59 Å². The van der Waals surface area contributed by atoms with E-state index in [0.717, 1.165) is 50.2 Å². The van der Waals surface area contributed by atoms with Crippen LogP contribution < -0.4 is 14.8 Å². The van der Waals surface area contributed by atoms with Gasteiger partial charge in [0.2, 0.25) is 11.6 Å². The van der Waals surface area contributed by atoms with Crippen molar-refractivity contribution in [3.8, 4) is 11.5 Å². The molecule has 4 rings (SSSR count). The number of ether oxygens (including phenoxy) is 2. The first-order chi connectivity index (χ1) is 21.7. The number of nitrogens with one attached hydrogen (secondary N) is 1. The van der Waals surface area contributed by atoms with Gasteiger partial charge < -0.3 is 40.3 Å². The zero-order chi connectivity index (χ0) is 34.3. The molecule has 6 N–H and O–H groups in total. The van der Waals surface area contributed by atoms with Crippen LogP contribution in [0.3, 0.4) is 0 Å². The van der Waals surface area contributed by atoms with Gasteiger partial charge in [-0.2, -0.15) is 0 Å². The number of carboxylic acids is 2. The Kier molecular flexibility index (Phi) is 11.9. The zero-order valence-corrected chi connectivity index (χ0v) is 26.3. The summed E-state index contributed by atoms with van der Waals surface area (Å²) in [4.78, 5) is 49.4. The second kappa shape index (κ2) is 15.0. The van der Waals surface area contributed by atoms with Gasteiger partial charge in [-0.05, 0) is 85.6 Å². The molecule has 0 bridgehead atoms. The molecule has 1 aliphatic rings. The average Bonchev–Trinajstić information content (AvgIpc) is 3.54. The highest BCUT2D eigenvalue weighted by atomic mass is 35.5. The number of aliphatic hydroxyl groups excluding tert-OH is 1. The number of rotatable bonds is 12. The molecule has 0 aromatic heterocycles. The molecule has 12 nitrogen and oxygen atoms in total. The van der Waals surface area contributed by atoms with E-state index in [1.165, 1.54) is 44.0 Å². The lowest BCUT2D eigenvalue weighted by Crippen LogP contribution is -2.71. The molecule has 1 heterocycles. The third-order valence-electron chi connectivity index (χ3n) is 7.87. The number of hydrogen-bond donors (Lipinski definition) is 6. The number of Topliss-reactive ketones (excluding diaryl/α,β-unsaturated/α-hetero) is 2. The Morgan fingerprint density at radius 3 is 1.57 bits per heavy atom. The summed E-state index contributed by atoms with van der Waals surface area (Å²) in [6, 6.07) is 15.0. The second-order valence-electron chi connectivity index (χ2n) is 10.5. The SMILES string of the molecule is COc1ccc(C(=O)[C@@](O)(C(=O)O)[C@](O)(C(=O)O)C(=O)c2ccc(OC)cc2)cc1.OCC[C@@]1(c2ccc(Cl)c(Cl)c2)CCNC1. The Labute approximate surface area is 274 Å². The summed E-state index contributed by atoms with van der Waals surface area (Å²) in [5.74, 6) is -7.68. The quantitative estimate of drug-likeness (QED) is 0.121. The van der Waals surface area contributed by atoms with Gasteiger partial charge in [-0.15, -0.1) is 0 Å². The number of carbonyl (C=O) groups is 4. The van der Waals surface area contributed by atoms with E-state index in [-0.39, 0.29) is 23.5 Å². The summed E-state index contributed by atoms with van der Waals surface area (Å²) in [6.07, 6.45) is 1.80. The zero-order valence-electron chi connectivity index (χ0n) is 24.8. The molecule has 0 unspecified atom stereocenters. The predicted octanol–water partition coefficient (Wildman–Crippen LogP) is 3.01. The predicted molar refractivity (Wildman–Crippen MR) is 167 cm³/mol. The Bertz CT molecular complexity index is 1490. The minimum Gasteiger partial charge on any atom is -0.497 e. The molecule has 14 heteroatoms. The Balaban J connectivity index is 0.000000300. The number of aliphatic hydroxyl groups is 3. The van der Waals surface area contributed by atoms with Crippen molar-refractivity contribution in [2.75, 3.05) is 33.9 Å². The van der Waals surface area contributed by atoms with Crippen LogP contribution >= 0.6 is 23.2 Å². The maximum Gasteiger partial charge on any atom is 0.348 e. The van der Waals surface area contributed by atoms with Gasteiger partial charge in [0.15, 0.2) is 0 Å². The van der Waals surface area contributed by atoms with Crippen molar-refractivity contribution in [1.29, 1.82) is 0 Å². The fourth-order valence-corrected chi connectivity index (χ4v) is 5.42. The van der Waals surface area contributed by atoms with Crippen LogP contribution in [0.25, 0.3) is 0 Å². The third kappa shape index (κ3) is 7.02. The molecule has 3 aromatic rings. The smallest absolute Gasteiger partial charge is 0.348 e. The Hall–Kier alpha value is -4.04. The first-order valence-electron chi connectivity index (χ1n) is 13.8. The molecular formula is C32H33Cl2NO11. The maximum absolute atomic E-state index is 12.8. The standard InChI is InChI=1S/C20H18O10.C12H15Cl2NO/c1-29-13-7-3-11(4-8-13)15(21)19(27,17(23)24)20(28,18(25)26)16(22)12-5-9-14(30-2)10-6-12;13-10-2-1-9(7-11(10)14)12(4-6-16)3-5-15-8-12/h3-10,27-28H,1-2H3,(H,23,24)(H,25,26);1-2,7,15-16H,3-6,8H2/t19-,20-;12-/m10/s1. The van der Waals surface area contributed by atoms with Crippen molar-refractivity contribution < 1.29 is 54.2 Å². The molecular weight excluding hydrogens is 645 g/mol. The van der Waals surface area contributed by atoms with Gasteiger partial charge in [-0.25, -0.2) is 9.59 Å². The number of benzene rings is 3. The highest BCUT2D eigenvalue weighted by Gasteiger charge is 2.69. The van der Waals surface area contributed by atoms with Gasteiger partial charge in [-0.1, -0.05) is 29.3 Å². The van der Waals surface area contributed by atoms with E-state index in [1.807, 2.05) is 18.2 Å². The Morgan fingerprint density at radius 1 is 0.783 bits per heavy atom. The van der Waals surface area contributed by atoms with E-state index in [4.69, 9.17) is 32.7 Å². The summed E-state index contributed by atoms with van der Waals surface area (Å²) in [5.41, 5.74) is -7.83. The summed E-state index contributed by atoms with van der Waals surface area (Å²) in [6.45, 7) is 2.08. The molecule has 0 radical (unpaired) electrons. The number of carbonyl (C=O) groups excluding carboxylic acids is 2. The summed E-state index contributed by atoms with van der Waals surface area (Å²) < 4.78 is 9.81. The topological polar surface area (TPSA) is 200 Å². The molecule has 3 aromatic carbocycles. The largest absolute Gasteiger partial charge is 0.497 e. The molecule has 0 amide bonds. The number of hydrogen-bond acceptors (Lipinski definition) is 10. The lowest BCUT2D eigenvalue weighted by Gasteiger charge is -2.34. The number of ketones is 2. The minimum absolute atomic E-state index is 0.0168. The van der Waals surface area contributed by atoms with Gasteiger partial charge in [0.1, 0.15) is 11.5 Å². The third-order valence-corrected chi connectivity index (χ3v) is 8.61. The van der Waals surface area contributed by atoms with Gasteiger partial charge in [0.05, 0.1) is 24.3 Å². The molecule has 0 spiro atoms. The highest BCUT2D eigenvalue weighted by Crippen LogP contribution is 2.37. The number of methoxy groups -OCH3 is 2. The second-order valence-corrected chi connectivity index (χ2v) is 11.3. The van der Waals surface area contributed by atoms with E-state index >= 15 is 0 Å². The summed E-state index contributed by atoms with van der Waals surface area (Å²) in [5, 5.41) is 54.2. The van der Waals surface area contributed by atoms with Crippen molar-refractivity contribution in [2.45, 2.75) is 29.5 Å². The fourth-order valence-electron chi connectivity index (χ4n) is 5.12. The maximum atomic E-state index is 12.8. The van der Waals surface area contributed by atoms with Crippen LogP contribution in [0, 0.1) is 0 Å². The number of halogens is 2. The average molecular weight is 679 g/mol. The summed E-state index contributed by atoms with van der Waals surface area (Å²) in [7, 11) is 2.67. The normalized spacial score (nSPS) is 18.2. The Morgan fingerprint density at radius 2 is 1.24 bits per heavy atom. The highest BCUT2D eigenvalue weighted by molar-refractivity contribution is 6.42. The van der Waals surface area contributed by atoms with Crippen LogP contribution in [-0.2, 0) is 15.0 Å². The molecule has 1 saturated heterocycles. The van der Waals surface area contributed by atoms with Crippen LogP contribution in [0.2, 0.25) is 10.0 Å². The molecule has 46 heavy (non-hydrogen) atoms. The van der Waals surface area contributed by atoms with Crippen LogP contribution in [0.1, 0.15) is 39.1 Å². The van der Waals surface area contributed by atoms with Crippen LogP contribution in [0.5, 0.6) is 11.5 Å². The summed E-state index contributed by atoms with van der Waals surface area (Å²) >= 11 is 12.0. The lowest BCUT2D eigenvalue weighted by atomic mass is 9.73. The first kappa shape index (κ1) is 36.4. The number of carboxylic acid groups (broad SMARTS) is 2. The number of aliphatic carboxylic acids is 2. The molecule has 1 fully saturated rings. The molecule has 246 valence electrons. The van der Waals surface area contributed by atoms with E-state index in [2.05, 4.69) is 5.32 Å². The van der Waals surface area contributed by atoms with Crippen molar-refractivity contribution in [3.05, 3.63) is 93.5 Å². The van der Waals surface area contributed by atoms with Crippen LogP contribution in [0.15, 0.2) is 66.7 Å².